The lowest BCUT2D eigenvalue weighted by Gasteiger charge is -2.32. The molecule has 0 amide bonds. The van der Waals surface area contributed by atoms with Gasteiger partial charge in [0.05, 0.1) is 0 Å². The Morgan fingerprint density at radius 3 is 2.74 bits per heavy atom. The summed E-state index contributed by atoms with van der Waals surface area (Å²) >= 11 is 5.53. The highest BCUT2D eigenvalue weighted by Gasteiger charge is 2.52. The zero-order chi connectivity index (χ0) is 14.2. The first-order valence-electron chi connectivity index (χ1n) is 5.81. The Bertz CT molecular complexity index is 481. The van der Waals surface area contributed by atoms with E-state index >= 15 is 0 Å². The van der Waals surface area contributed by atoms with Crippen LogP contribution in [0.5, 0.6) is 0 Å². The van der Waals surface area contributed by atoms with E-state index in [0.717, 1.165) is 5.57 Å². The Labute approximate surface area is 115 Å². The molecule has 0 aromatic heterocycles. The van der Waals surface area contributed by atoms with E-state index in [-0.39, 0.29) is 11.5 Å². The number of rotatable bonds is 5. The van der Waals surface area contributed by atoms with Crippen LogP contribution in [0.1, 0.15) is 13.3 Å². The predicted molar refractivity (Wildman–Crippen MR) is 66.2 cm³/mol. The van der Waals surface area contributed by atoms with Crippen LogP contribution in [0.4, 0.5) is 0 Å². The molecule has 0 spiro atoms. The molecule has 0 N–H and O–H groups in total. The summed E-state index contributed by atoms with van der Waals surface area (Å²) in [5, 5.41) is -0.475. The molecule has 4 unspecified atom stereocenters. The van der Waals surface area contributed by atoms with Crippen molar-refractivity contribution in [2.45, 2.75) is 25.6 Å². The van der Waals surface area contributed by atoms with Gasteiger partial charge in [-0.3, -0.25) is 9.59 Å². The summed E-state index contributed by atoms with van der Waals surface area (Å²) in [6.45, 7) is 5.32. The number of fused-ring (bicyclic) bond motifs is 1. The molecule has 0 saturated heterocycles. The molecule has 5 nitrogen and oxygen atoms in total. The number of esters is 1. The minimum atomic E-state index is -0.703. The summed E-state index contributed by atoms with van der Waals surface area (Å²) in [5.41, 5.74) is 1.02. The van der Waals surface area contributed by atoms with Crippen LogP contribution < -0.4 is 0 Å². The molecule has 2 rings (SSSR count). The smallest absolute Gasteiger partial charge is 0.333 e. The van der Waals surface area contributed by atoms with Crippen LogP contribution in [0.3, 0.4) is 0 Å². The molecule has 2 aliphatic carbocycles. The van der Waals surface area contributed by atoms with Gasteiger partial charge >= 0.3 is 5.97 Å². The highest BCUT2D eigenvalue weighted by molar-refractivity contribution is 6.64. The molecular weight excluding hydrogens is 272 g/mol. The summed E-state index contributed by atoms with van der Waals surface area (Å²) in [4.78, 5) is 33.4. The van der Waals surface area contributed by atoms with Crippen molar-refractivity contribution in [2.24, 2.45) is 11.8 Å². The van der Waals surface area contributed by atoms with Crippen molar-refractivity contribution in [1.29, 1.82) is 0 Å². The lowest BCUT2D eigenvalue weighted by atomic mass is 9.84. The molecule has 102 valence electrons. The SMILES string of the molecule is C=C(C)C(=O)OC1C(OC=O)C2=CC1C(C(=O)Cl)C2. The fourth-order valence-electron chi connectivity index (χ4n) is 2.59. The van der Waals surface area contributed by atoms with Crippen LogP contribution >= 0.6 is 11.6 Å². The van der Waals surface area contributed by atoms with Crippen LogP contribution in [-0.2, 0) is 23.9 Å². The number of ether oxygens (including phenoxy) is 2. The molecule has 2 bridgehead atoms. The molecule has 6 heteroatoms. The molecular formula is C13H13ClO5. The van der Waals surface area contributed by atoms with E-state index in [1.807, 2.05) is 0 Å². The van der Waals surface area contributed by atoms with E-state index < -0.39 is 29.3 Å². The Morgan fingerprint density at radius 2 is 2.21 bits per heavy atom. The Hall–Kier alpha value is -1.62. The maximum atomic E-state index is 11.6. The predicted octanol–water partition coefficient (Wildman–Crippen LogP) is 1.36. The summed E-state index contributed by atoms with van der Waals surface area (Å²) in [6, 6.07) is 0. The van der Waals surface area contributed by atoms with Crippen molar-refractivity contribution in [2.75, 3.05) is 0 Å². The van der Waals surface area contributed by atoms with Gasteiger partial charge in [-0.25, -0.2) is 4.79 Å². The normalized spacial score (nSPS) is 31.6. The van der Waals surface area contributed by atoms with Crippen molar-refractivity contribution in [3.8, 4) is 0 Å². The Morgan fingerprint density at radius 1 is 1.53 bits per heavy atom. The van der Waals surface area contributed by atoms with Crippen molar-refractivity contribution < 1.29 is 23.9 Å². The lowest BCUT2D eigenvalue weighted by molar-refractivity contribution is -0.160. The maximum absolute atomic E-state index is 11.6. The fourth-order valence-corrected chi connectivity index (χ4v) is 2.81. The Kier molecular flexibility index (Phi) is 3.75. The van der Waals surface area contributed by atoms with Gasteiger partial charge in [0.2, 0.25) is 5.24 Å². The quantitative estimate of drug-likeness (QED) is 0.251. The maximum Gasteiger partial charge on any atom is 0.333 e. The zero-order valence-corrected chi connectivity index (χ0v) is 11.1. The molecule has 4 atom stereocenters. The second-order valence-electron chi connectivity index (χ2n) is 4.74. The van der Waals surface area contributed by atoms with E-state index in [9.17, 15) is 14.4 Å². The number of hydrogen-bond acceptors (Lipinski definition) is 5. The van der Waals surface area contributed by atoms with Crippen molar-refractivity contribution in [3.63, 3.8) is 0 Å². The van der Waals surface area contributed by atoms with Gasteiger partial charge in [-0.1, -0.05) is 12.7 Å². The van der Waals surface area contributed by atoms with Gasteiger partial charge in [0.1, 0.15) is 6.10 Å². The van der Waals surface area contributed by atoms with Crippen LogP contribution in [-0.4, -0.2) is 29.9 Å². The summed E-state index contributed by atoms with van der Waals surface area (Å²) in [7, 11) is 0. The number of carbonyl (C=O) groups excluding carboxylic acids is 3. The third kappa shape index (κ3) is 2.42. The van der Waals surface area contributed by atoms with Gasteiger partial charge in [0.25, 0.3) is 6.47 Å². The first kappa shape index (κ1) is 13.8. The van der Waals surface area contributed by atoms with Gasteiger partial charge in [-0.2, -0.15) is 0 Å². The number of hydrogen-bond donors (Lipinski definition) is 0. The molecule has 0 saturated carbocycles. The molecule has 0 aliphatic heterocycles. The first-order chi connectivity index (χ1) is 8.95. The van der Waals surface area contributed by atoms with E-state index in [2.05, 4.69) is 6.58 Å². The molecule has 0 fully saturated rings. The molecule has 19 heavy (non-hydrogen) atoms. The van der Waals surface area contributed by atoms with Gasteiger partial charge in [-0.15, -0.1) is 0 Å². The zero-order valence-electron chi connectivity index (χ0n) is 10.3. The van der Waals surface area contributed by atoms with Crippen molar-refractivity contribution in [1.82, 2.24) is 0 Å². The van der Waals surface area contributed by atoms with Gasteiger partial charge in [-0.05, 0) is 30.5 Å². The van der Waals surface area contributed by atoms with Crippen LogP contribution in [0.15, 0.2) is 23.8 Å². The van der Waals surface area contributed by atoms with Crippen LogP contribution in [0, 0.1) is 11.8 Å². The first-order valence-corrected chi connectivity index (χ1v) is 6.19. The van der Waals surface area contributed by atoms with E-state index in [1.54, 1.807) is 6.08 Å². The second kappa shape index (κ2) is 5.17. The van der Waals surface area contributed by atoms with Crippen LogP contribution in [0.25, 0.3) is 0 Å². The highest BCUT2D eigenvalue weighted by Crippen LogP contribution is 2.46. The molecule has 2 aliphatic rings. The minimum absolute atomic E-state index is 0.242. The molecule has 0 radical (unpaired) electrons. The summed E-state index contributed by atoms with van der Waals surface area (Å²) < 4.78 is 10.2. The minimum Gasteiger partial charge on any atom is -0.456 e. The second-order valence-corrected chi connectivity index (χ2v) is 5.11. The standard InChI is InChI=1S/C13H13ClO5/c1-6(2)13(17)19-11-8-3-7(10(11)18-5-15)4-9(8)12(14)16/h3,5,8-11H,1,4H2,2H3. The van der Waals surface area contributed by atoms with E-state index in [1.165, 1.54) is 6.92 Å². The van der Waals surface area contributed by atoms with Crippen LogP contribution in [0.2, 0.25) is 0 Å². The topological polar surface area (TPSA) is 69.7 Å². The van der Waals surface area contributed by atoms with Crippen molar-refractivity contribution >= 4 is 29.3 Å². The molecule has 0 aromatic rings. The number of carbonyl (C=O) groups is 3. The molecule has 0 aromatic carbocycles. The average molecular weight is 285 g/mol. The molecule has 0 heterocycles. The third-order valence-corrected chi connectivity index (χ3v) is 3.74. The van der Waals surface area contributed by atoms with Crippen molar-refractivity contribution in [3.05, 3.63) is 23.8 Å². The van der Waals surface area contributed by atoms with Gasteiger partial charge in [0.15, 0.2) is 6.10 Å². The summed E-state index contributed by atoms with van der Waals surface area (Å²) in [6.07, 6.45) is 0.908. The van der Waals surface area contributed by atoms with Gasteiger partial charge < -0.3 is 9.47 Å². The largest absolute Gasteiger partial charge is 0.456 e. The summed E-state index contributed by atoms with van der Waals surface area (Å²) in [5.74, 6) is -1.34. The van der Waals surface area contributed by atoms with Gasteiger partial charge in [0, 0.05) is 17.4 Å². The monoisotopic (exact) mass is 284 g/mol. The lowest BCUT2D eigenvalue weighted by Crippen LogP contribution is -2.43. The average Bonchev–Trinajstić information content (AvgIpc) is 2.89. The van der Waals surface area contributed by atoms with E-state index in [4.69, 9.17) is 21.1 Å². The highest BCUT2D eigenvalue weighted by atomic mass is 35.5. The van der Waals surface area contributed by atoms with E-state index in [0.29, 0.717) is 12.9 Å². The Balaban J connectivity index is 2.17. The number of halogens is 1. The third-order valence-electron chi connectivity index (χ3n) is 3.46. The fraction of sp³-hybridized carbons (Fsp3) is 0.462.